The number of amides is 3. The molecule has 0 aliphatic carbocycles. The van der Waals surface area contributed by atoms with E-state index in [1.165, 1.54) is 32.9 Å². The summed E-state index contributed by atoms with van der Waals surface area (Å²) in [6.07, 6.45) is 0.488. The van der Waals surface area contributed by atoms with E-state index in [0.717, 1.165) is 11.1 Å². The molecule has 13 heteroatoms. The van der Waals surface area contributed by atoms with Gasteiger partial charge in [-0.3, -0.25) is 19.4 Å². The molecule has 2 atom stereocenters. The van der Waals surface area contributed by atoms with E-state index < -0.39 is 47.1 Å². The van der Waals surface area contributed by atoms with E-state index in [-0.39, 0.29) is 24.0 Å². The van der Waals surface area contributed by atoms with Crippen LogP contribution in [0.25, 0.3) is 0 Å². The van der Waals surface area contributed by atoms with Crippen LogP contribution in [-0.4, -0.2) is 70.7 Å². The normalized spacial score (nSPS) is 19.7. The number of alkyl carbamates (subject to hydrolysis) is 1. The molecule has 0 radical (unpaired) electrons. The minimum absolute atomic E-state index is 0.0138. The maximum atomic E-state index is 14.3. The summed E-state index contributed by atoms with van der Waals surface area (Å²) in [5.41, 5.74) is 1.91. The number of carbonyl (C=O) groups is 5. The van der Waals surface area contributed by atoms with Gasteiger partial charge in [-0.25, -0.2) is 14.4 Å². The number of anilines is 1. The van der Waals surface area contributed by atoms with Gasteiger partial charge in [0.05, 0.1) is 12.2 Å². The fourth-order valence-corrected chi connectivity index (χ4v) is 8.17. The van der Waals surface area contributed by atoms with Crippen LogP contribution in [0.15, 0.2) is 95.0 Å². The van der Waals surface area contributed by atoms with Gasteiger partial charge in [0.2, 0.25) is 0 Å². The number of β-lactam (4-membered cyclic amide) rings is 1. The molecular formula is C37H37N3O8S2. The number of thioether (sulfide) groups is 1. The van der Waals surface area contributed by atoms with Crippen molar-refractivity contribution < 1.29 is 38.2 Å². The summed E-state index contributed by atoms with van der Waals surface area (Å²) in [4.78, 5) is 69.9. The van der Waals surface area contributed by atoms with Crippen LogP contribution < -0.4 is 10.2 Å². The van der Waals surface area contributed by atoms with Crippen LogP contribution in [0.3, 0.4) is 0 Å². The van der Waals surface area contributed by atoms with Crippen molar-refractivity contribution in [2.75, 3.05) is 23.8 Å². The highest BCUT2D eigenvalue weighted by Crippen LogP contribution is 2.43. The Kier molecular flexibility index (Phi) is 10.2. The topological polar surface area (TPSA) is 132 Å². The molecular weight excluding hydrogens is 679 g/mol. The van der Waals surface area contributed by atoms with Gasteiger partial charge in [0.25, 0.3) is 11.8 Å². The van der Waals surface area contributed by atoms with Crippen LogP contribution in [0, 0.1) is 0 Å². The molecule has 6 rings (SSSR count). The molecule has 3 aliphatic rings. The van der Waals surface area contributed by atoms with Crippen molar-refractivity contribution in [1.82, 2.24) is 10.2 Å². The number of rotatable bonds is 9. The summed E-state index contributed by atoms with van der Waals surface area (Å²) >= 11 is 2.63. The van der Waals surface area contributed by atoms with Gasteiger partial charge in [0.15, 0.2) is 6.10 Å². The van der Waals surface area contributed by atoms with Crippen molar-refractivity contribution in [3.05, 3.63) is 112 Å². The molecule has 260 valence electrons. The summed E-state index contributed by atoms with van der Waals surface area (Å²) in [6, 6.07) is 19.3. The minimum atomic E-state index is -0.922. The summed E-state index contributed by atoms with van der Waals surface area (Å²) in [5, 5.41) is 4.28. The van der Waals surface area contributed by atoms with E-state index in [1.807, 2.05) is 60.7 Å². The first-order chi connectivity index (χ1) is 24.0. The second-order valence-electron chi connectivity index (χ2n) is 12.8. The monoisotopic (exact) mass is 715 g/mol. The Balaban J connectivity index is 1.34. The molecule has 3 amide bonds. The quantitative estimate of drug-likeness (QED) is 0.123. The van der Waals surface area contributed by atoms with Crippen molar-refractivity contribution >= 4 is 57.9 Å². The Morgan fingerprint density at radius 3 is 2.26 bits per heavy atom. The lowest BCUT2D eigenvalue weighted by atomic mass is 10.00. The number of allylic oxidation sites excluding steroid dienone is 1. The smallest absolute Gasteiger partial charge is 0.408 e. The minimum Gasteiger partial charge on any atom is -0.462 e. The maximum Gasteiger partial charge on any atom is 0.408 e. The lowest BCUT2D eigenvalue weighted by Crippen LogP contribution is -2.70. The Hall–Kier alpha value is -4.88. The Bertz CT molecular complexity index is 1830. The van der Waals surface area contributed by atoms with Crippen molar-refractivity contribution in [3.8, 4) is 0 Å². The van der Waals surface area contributed by atoms with Gasteiger partial charge in [0.1, 0.15) is 27.7 Å². The molecule has 1 aromatic heterocycles. The Morgan fingerprint density at radius 2 is 1.64 bits per heavy atom. The molecule has 11 nitrogen and oxygen atoms in total. The first kappa shape index (κ1) is 35.0. The molecule has 0 bridgehead atoms. The number of fused-ring (bicyclic) bond motifs is 1. The molecule has 3 aliphatic heterocycles. The second kappa shape index (κ2) is 14.5. The second-order valence-corrected chi connectivity index (χ2v) is 14.8. The van der Waals surface area contributed by atoms with Crippen LogP contribution in [0.1, 0.15) is 61.7 Å². The van der Waals surface area contributed by atoms with Crippen LogP contribution in [0.5, 0.6) is 0 Å². The lowest BCUT2D eigenvalue weighted by molar-refractivity contribution is -0.153. The van der Waals surface area contributed by atoms with Crippen molar-refractivity contribution in [1.29, 1.82) is 0 Å². The van der Waals surface area contributed by atoms with E-state index in [9.17, 15) is 24.0 Å². The summed E-state index contributed by atoms with van der Waals surface area (Å²) in [7, 11) is 0. The molecule has 3 aromatic rings. The number of hydrogen-bond acceptors (Lipinski definition) is 10. The number of carbonyl (C=O) groups excluding carboxylic acids is 5. The summed E-state index contributed by atoms with van der Waals surface area (Å²) in [6.45, 7) is 7.43. The number of nitrogens with zero attached hydrogens (tertiary/aromatic N) is 2. The standard InChI is InChI=1S/C37H37N3O8S2/c1-5-46-34(43)26-17-19-49-32(26)39-18-16-24(30(39)41)20-25-21-50-33-27(38-36(45)48-37(2,3)4)31(42)40(33)28(25)35(44)47-29(22-12-8-6-9-13-22)23-14-10-7-11-15-23/h6-15,17,19-20,27,29,33H,5,16,18,21H2,1-4H3,(H,38,45)/t27-,33-/m1/s1. The molecule has 2 aromatic carbocycles. The van der Waals surface area contributed by atoms with Gasteiger partial charge in [0, 0.05) is 17.9 Å². The number of benzene rings is 2. The predicted octanol–water partition coefficient (Wildman–Crippen LogP) is 5.98. The lowest BCUT2D eigenvalue weighted by Gasteiger charge is -2.49. The van der Waals surface area contributed by atoms with E-state index >= 15 is 0 Å². The zero-order chi connectivity index (χ0) is 35.6. The van der Waals surface area contributed by atoms with E-state index in [4.69, 9.17) is 14.2 Å². The Morgan fingerprint density at radius 1 is 0.980 bits per heavy atom. The summed E-state index contributed by atoms with van der Waals surface area (Å²) < 4.78 is 16.8. The number of esters is 2. The number of ether oxygens (including phenoxy) is 3. The molecule has 2 saturated heterocycles. The first-order valence-electron chi connectivity index (χ1n) is 16.2. The Labute approximate surface area is 298 Å². The van der Waals surface area contributed by atoms with Crippen LogP contribution >= 0.6 is 23.1 Å². The number of hydrogen-bond donors (Lipinski definition) is 1. The van der Waals surface area contributed by atoms with Gasteiger partial charge in [-0.05, 0) is 68.3 Å². The third kappa shape index (κ3) is 7.19. The number of thiophene rings is 1. The van der Waals surface area contributed by atoms with E-state index in [0.29, 0.717) is 34.7 Å². The zero-order valence-corrected chi connectivity index (χ0v) is 29.7. The maximum absolute atomic E-state index is 14.3. The largest absolute Gasteiger partial charge is 0.462 e. The fraction of sp³-hybridized carbons (Fsp3) is 0.324. The number of nitrogens with one attached hydrogen (secondary N) is 1. The van der Waals surface area contributed by atoms with Crippen LogP contribution in [0.2, 0.25) is 0 Å². The molecule has 1 N–H and O–H groups in total. The zero-order valence-electron chi connectivity index (χ0n) is 28.0. The molecule has 0 spiro atoms. The van der Waals surface area contributed by atoms with Crippen molar-refractivity contribution in [2.45, 2.75) is 57.2 Å². The third-order valence-electron chi connectivity index (χ3n) is 8.15. The van der Waals surface area contributed by atoms with Gasteiger partial charge in [-0.15, -0.1) is 23.1 Å². The third-order valence-corrected chi connectivity index (χ3v) is 10.4. The molecule has 50 heavy (non-hydrogen) atoms. The predicted molar refractivity (Wildman–Crippen MR) is 189 cm³/mol. The van der Waals surface area contributed by atoms with Crippen molar-refractivity contribution in [2.24, 2.45) is 0 Å². The first-order valence-corrected chi connectivity index (χ1v) is 18.1. The fourth-order valence-electron chi connectivity index (χ4n) is 5.95. The average molecular weight is 716 g/mol. The van der Waals surface area contributed by atoms with Gasteiger partial charge < -0.3 is 19.5 Å². The van der Waals surface area contributed by atoms with Crippen LogP contribution in [0.4, 0.5) is 9.80 Å². The molecule has 2 fully saturated rings. The van der Waals surface area contributed by atoms with Crippen LogP contribution in [-0.2, 0) is 28.6 Å². The van der Waals surface area contributed by atoms with Gasteiger partial charge in [-0.2, -0.15) is 0 Å². The molecule has 0 saturated carbocycles. The highest BCUT2D eigenvalue weighted by molar-refractivity contribution is 8.00. The highest BCUT2D eigenvalue weighted by atomic mass is 32.2. The van der Waals surface area contributed by atoms with Gasteiger partial charge in [-0.1, -0.05) is 60.7 Å². The SMILES string of the molecule is CCOC(=O)c1ccsc1N1CCC(=CC2=C(C(=O)OC(c3ccccc3)c3ccccc3)N3C(=O)[C@@H](NC(=O)OC(C)(C)C)[C@H]3SC2)C1=O. The molecule has 0 unspecified atom stereocenters. The van der Waals surface area contributed by atoms with Gasteiger partial charge >= 0.3 is 18.0 Å². The van der Waals surface area contributed by atoms with E-state index in [2.05, 4.69) is 5.32 Å². The summed E-state index contributed by atoms with van der Waals surface area (Å²) in [5.74, 6) is -1.79. The molecule has 4 heterocycles. The van der Waals surface area contributed by atoms with E-state index in [1.54, 1.807) is 45.2 Å². The average Bonchev–Trinajstić information content (AvgIpc) is 3.72. The highest BCUT2D eigenvalue weighted by Gasteiger charge is 2.55. The van der Waals surface area contributed by atoms with Crippen molar-refractivity contribution in [3.63, 3.8) is 0 Å².